The van der Waals surface area contributed by atoms with Crippen LogP contribution in [0.5, 0.6) is 11.5 Å². The molecule has 1 fully saturated rings. The van der Waals surface area contributed by atoms with Gasteiger partial charge in [0.1, 0.15) is 11.5 Å². The highest BCUT2D eigenvalue weighted by Gasteiger charge is 2.33. The van der Waals surface area contributed by atoms with Crippen LogP contribution in [0.4, 0.5) is 5.69 Å². The predicted octanol–water partition coefficient (Wildman–Crippen LogP) is 5.67. The maximum absolute atomic E-state index is 13.0. The minimum Gasteiger partial charge on any atom is -0.494 e. The number of amides is 1. The van der Waals surface area contributed by atoms with Gasteiger partial charge in [0, 0.05) is 5.56 Å². The average Bonchev–Trinajstić information content (AvgIpc) is 2.97. The van der Waals surface area contributed by atoms with E-state index in [0.29, 0.717) is 15.8 Å². The molecule has 1 atom stereocenters. The smallest absolute Gasteiger partial charge is 0.270 e. The van der Waals surface area contributed by atoms with E-state index in [2.05, 4.69) is 6.92 Å². The molecule has 146 valence electrons. The van der Waals surface area contributed by atoms with Crippen LogP contribution in [0, 0.1) is 0 Å². The summed E-state index contributed by atoms with van der Waals surface area (Å²) in [6.45, 7) is 6.64. The number of carbonyl (C=O) groups is 1. The molecule has 1 heterocycles. The number of hydrogen-bond donors (Lipinski definition) is 0. The molecule has 1 saturated heterocycles. The van der Waals surface area contributed by atoms with Gasteiger partial charge in [-0.15, -0.1) is 0 Å². The number of ether oxygens (including phenoxy) is 2. The summed E-state index contributed by atoms with van der Waals surface area (Å²) in [6, 6.07) is 15.1. The fourth-order valence-corrected chi connectivity index (χ4v) is 3.99. The van der Waals surface area contributed by atoms with Crippen LogP contribution in [0.2, 0.25) is 0 Å². The molecular formula is C22H23NO3S2. The number of anilines is 1. The van der Waals surface area contributed by atoms with Crippen LogP contribution < -0.4 is 14.4 Å². The van der Waals surface area contributed by atoms with Crippen molar-refractivity contribution in [2.24, 2.45) is 0 Å². The van der Waals surface area contributed by atoms with Crippen LogP contribution in [0.3, 0.4) is 0 Å². The monoisotopic (exact) mass is 413 g/mol. The molecule has 6 heteroatoms. The van der Waals surface area contributed by atoms with Gasteiger partial charge in [-0.25, -0.2) is 0 Å². The molecule has 1 aliphatic rings. The number of nitrogens with zero attached hydrogens (tertiary/aromatic N) is 1. The fourth-order valence-electron chi connectivity index (χ4n) is 2.70. The quantitative estimate of drug-likeness (QED) is 0.432. The molecule has 1 aliphatic heterocycles. The molecule has 28 heavy (non-hydrogen) atoms. The van der Waals surface area contributed by atoms with Crippen LogP contribution in [0.1, 0.15) is 32.8 Å². The van der Waals surface area contributed by atoms with Gasteiger partial charge in [-0.1, -0.05) is 49.1 Å². The highest BCUT2D eigenvalue weighted by atomic mass is 32.2. The zero-order valence-electron chi connectivity index (χ0n) is 16.2. The van der Waals surface area contributed by atoms with Gasteiger partial charge in [0.15, 0.2) is 4.32 Å². The van der Waals surface area contributed by atoms with E-state index in [1.807, 2.05) is 68.5 Å². The molecule has 0 unspecified atom stereocenters. The van der Waals surface area contributed by atoms with Crippen molar-refractivity contribution >= 4 is 46.0 Å². The Morgan fingerprint density at radius 2 is 1.86 bits per heavy atom. The molecule has 0 aromatic heterocycles. The number of rotatable bonds is 7. The molecule has 2 aromatic carbocycles. The van der Waals surface area contributed by atoms with Crippen LogP contribution in [0.15, 0.2) is 53.4 Å². The van der Waals surface area contributed by atoms with Crippen molar-refractivity contribution in [2.45, 2.75) is 33.3 Å². The van der Waals surface area contributed by atoms with Crippen molar-refractivity contribution in [2.75, 3.05) is 11.5 Å². The number of para-hydroxylation sites is 1. The molecular weight excluding hydrogens is 390 g/mol. The molecule has 0 radical (unpaired) electrons. The highest BCUT2D eigenvalue weighted by Crippen LogP contribution is 2.37. The van der Waals surface area contributed by atoms with E-state index in [1.54, 1.807) is 4.90 Å². The minimum absolute atomic E-state index is 0.105. The molecule has 0 saturated carbocycles. The second-order valence-corrected chi connectivity index (χ2v) is 7.99. The third-order valence-electron chi connectivity index (χ3n) is 4.31. The lowest BCUT2D eigenvalue weighted by atomic mass is 10.1. The van der Waals surface area contributed by atoms with Gasteiger partial charge in [-0.3, -0.25) is 9.69 Å². The van der Waals surface area contributed by atoms with Crippen molar-refractivity contribution < 1.29 is 14.3 Å². The second kappa shape index (κ2) is 9.26. The van der Waals surface area contributed by atoms with Gasteiger partial charge in [0.05, 0.1) is 23.3 Å². The summed E-state index contributed by atoms with van der Waals surface area (Å²) in [5, 5.41) is 0. The van der Waals surface area contributed by atoms with Crippen LogP contribution in [0.25, 0.3) is 6.08 Å². The van der Waals surface area contributed by atoms with E-state index < -0.39 is 0 Å². The summed E-state index contributed by atoms with van der Waals surface area (Å²) in [7, 11) is 0. The normalized spacial score (nSPS) is 16.5. The first-order valence-electron chi connectivity index (χ1n) is 9.30. The van der Waals surface area contributed by atoms with Crippen LogP contribution in [-0.4, -0.2) is 22.9 Å². The summed E-state index contributed by atoms with van der Waals surface area (Å²) in [6.07, 6.45) is 2.87. The van der Waals surface area contributed by atoms with E-state index in [1.165, 1.54) is 11.8 Å². The Balaban J connectivity index is 1.85. The zero-order chi connectivity index (χ0) is 20.1. The molecule has 4 nitrogen and oxygen atoms in total. The molecule has 0 bridgehead atoms. The van der Waals surface area contributed by atoms with E-state index >= 15 is 0 Å². The van der Waals surface area contributed by atoms with Gasteiger partial charge < -0.3 is 9.47 Å². The first-order valence-corrected chi connectivity index (χ1v) is 10.5. The average molecular weight is 414 g/mol. The lowest BCUT2D eigenvalue weighted by molar-refractivity contribution is -0.113. The molecule has 2 aromatic rings. The van der Waals surface area contributed by atoms with Crippen LogP contribution in [-0.2, 0) is 4.79 Å². The van der Waals surface area contributed by atoms with E-state index in [-0.39, 0.29) is 12.0 Å². The van der Waals surface area contributed by atoms with Crippen molar-refractivity contribution in [1.29, 1.82) is 0 Å². The first kappa shape index (κ1) is 20.4. The molecule has 0 N–H and O–H groups in total. The zero-order valence-corrected chi connectivity index (χ0v) is 17.8. The maximum Gasteiger partial charge on any atom is 0.270 e. The third-order valence-corrected chi connectivity index (χ3v) is 5.61. The molecule has 3 rings (SSSR count). The molecule has 0 spiro atoms. The minimum atomic E-state index is -0.127. The van der Waals surface area contributed by atoms with Gasteiger partial charge in [-0.2, -0.15) is 0 Å². The second-order valence-electron chi connectivity index (χ2n) is 6.32. The van der Waals surface area contributed by atoms with E-state index in [0.717, 1.165) is 29.2 Å². The SMILES string of the molecule is CCOc1ccc(N2C(=O)/C(=C\c3ccccc3O[C@H](C)CC)SC2=S)cc1. The maximum atomic E-state index is 13.0. The largest absolute Gasteiger partial charge is 0.494 e. The van der Waals surface area contributed by atoms with Crippen molar-refractivity contribution in [3.8, 4) is 11.5 Å². The summed E-state index contributed by atoms with van der Waals surface area (Å²) < 4.78 is 12.0. The Hall–Kier alpha value is -2.31. The number of thiocarbonyl (C=S) groups is 1. The standard InChI is InChI=1S/C22H23NO3S2/c1-4-15(3)26-19-9-7-6-8-16(19)14-20-21(24)23(22(27)28-20)17-10-12-18(13-11-17)25-5-2/h6-15H,4-5H2,1-3H3/b20-14+/t15-/m1/s1. The predicted molar refractivity (Wildman–Crippen MR) is 120 cm³/mol. The van der Waals surface area contributed by atoms with E-state index in [9.17, 15) is 4.79 Å². The Morgan fingerprint density at radius 1 is 1.14 bits per heavy atom. The Morgan fingerprint density at radius 3 is 2.54 bits per heavy atom. The molecule has 0 aliphatic carbocycles. The summed E-state index contributed by atoms with van der Waals surface area (Å²) in [5.74, 6) is 1.41. The summed E-state index contributed by atoms with van der Waals surface area (Å²) in [4.78, 5) is 15.1. The van der Waals surface area contributed by atoms with Gasteiger partial charge in [0.25, 0.3) is 5.91 Å². The Labute approximate surface area is 175 Å². The number of benzene rings is 2. The van der Waals surface area contributed by atoms with Gasteiger partial charge >= 0.3 is 0 Å². The Bertz CT molecular complexity index is 893. The summed E-state index contributed by atoms with van der Waals surface area (Å²) >= 11 is 6.76. The first-order chi connectivity index (χ1) is 13.5. The van der Waals surface area contributed by atoms with E-state index in [4.69, 9.17) is 21.7 Å². The van der Waals surface area contributed by atoms with Gasteiger partial charge in [-0.05, 0) is 56.7 Å². The lowest BCUT2D eigenvalue weighted by Gasteiger charge is -2.15. The third kappa shape index (κ3) is 4.56. The topological polar surface area (TPSA) is 38.8 Å². The van der Waals surface area contributed by atoms with Crippen molar-refractivity contribution in [3.63, 3.8) is 0 Å². The number of hydrogen-bond acceptors (Lipinski definition) is 5. The Kier molecular flexibility index (Phi) is 6.75. The molecule has 1 amide bonds. The highest BCUT2D eigenvalue weighted by molar-refractivity contribution is 8.27. The number of carbonyl (C=O) groups excluding carboxylic acids is 1. The fraction of sp³-hybridized carbons (Fsp3) is 0.273. The summed E-state index contributed by atoms with van der Waals surface area (Å²) in [5.41, 5.74) is 1.61. The van der Waals surface area contributed by atoms with Gasteiger partial charge in [0.2, 0.25) is 0 Å². The number of thioether (sulfide) groups is 1. The lowest BCUT2D eigenvalue weighted by Crippen LogP contribution is -2.27. The van der Waals surface area contributed by atoms with Crippen LogP contribution >= 0.6 is 24.0 Å². The van der Waals surface area contributed by atoms with Crippen molar-refractivity contribution in [1.82, 2.24) is 0 Å². The van der Waals surface area contributed by atoms with Crippen molar-refractivity contribution in [3.05, 3.63) is 59.0 Å².